The third-order valence-corrected chi connectivity index (χ3v) is 6.61. The molecule has 0 unspecified atom stereocenters. The zero-order chi connectivity index (χ0) is 19.6. The summed E-state index contributed by atoms with van der Waals surface area (Å²) in [6, 6.07) is 10.3. The molecule has 1 amide bonds. The van der Waals surface area contributed by atoms with E-state index >= 15 is 0 Å². The second-order valence-electron chi connectivity index (χ2n) is 7.21. The molecule has 1 aliphatic heterocycles. The summed E-state index contributed by atoms with van der Waals surface area (Å²) in [5.74, 6) is 0.105. The van der Waals surface area contributed by atoms with E-state index in [2.05, 4.69) is 10.4 Å². The molecule has 0 aliphatic carbocycles. The van der Waals surface area contributed by atoms with Crippen molar-refractivity contribution in [3.63, 3.8) is 0 Å². The highest BCUT2D eigenvalue weighted by Crippen LogP contribution is 2.25. The molecule has 2 heterocycles. The number of piperidine rings is 1. The number of nitrogens with one attached hydrogen (secondary N) is 1. The molecule has 1 fully saturated rings. The summed E-state index contributed by atoms with van der Waals surface area (Å²) in [5, 5.41) is 7.33. The second-order valence-corrected chi connectivity index (χ2v) is 9.15. The SMILES string of the molecule is Cc1cc(NC(=O)[C@@H]2CCCN(S(=O)(=O)c3ccccc3)C2)n(C(C)C)n1. The van der Waals surface area contributed by atoms with Crippen molar-refractivity contribution in [1.82, 2.24) is 14.1 Å². The van der Waals surface area contributed by atoms with Crippen LogP contribution in [0.2, 0.25) is 0 Å². The molecule has 1 aliphatic rings. The minimum Gasteiger partial charge on any atom is -0.311 e. The van der Waals surface area contributed by atoms with Crippen LogP contribution in [0.1, 0.15) is 38.4 Å². The van der Waals surface area contributed by atoms with Gasteiger partial charge in [0, 0.05) is 25.2 Å². The lowest BCUT2D eigenvalue weighted by atomic mass is 9.99. The van der Waals surface area contributed by atoms with E-state index in [1.165, 1.54) is 4.31 Å². The summed E-state index contributed by atoms with van der Waals surface area (Å²) in [6.07, 6.45) is 1.33. The first kappa shape index (κ1) is 19.6. The molecule has 27 heavy (non-hydrogen) atoms. The zero-order valence-corrected chi connectivity index (χ0v) is 16.7. The Kier molecular flexibility index (Phi) is 5.67. The molecule has 1 N–H and O–H groups in total. The van der Waals surface area contributed by atoms with E-state index in [1.807, 2.05) is 26.8 Å². The molecule has 0 spiro atoms. The van der Waals surface area contributed by atoms with Crippen molar-refractivity contribution in [2.24, 2.45) is 5.92 Å². The Labute approximate surface area is 160 Å². The van der Waals surface area contributed by atoms with Crippen molar-refractivity contribution in [1.29, 1.82) is 0 Å². The maximum atomic E-state index is 12.8. The van der Waals surface area contributed by atoms with Crippen molar-refractivity contribution < 1.29 is 13.2 Å². The average Bonchev–Trinajstić information content (AvgIpc) is 3.03. The quantitative estimate of drug-likeness (QED) is 0.851. The number of hydrogen-bond donors (Lipinski definition) is 1. The van der Waals surface area contributed by atoms with Gasteiger partial charge < -0.3 is 5.32 Å². The van der Waals surface area contributed by atoms with E-state index in [4.69, 9.17) is 0 Å². The van der Waals surface area contributed by atoms with Crippen molar-refractivity contribution in [3.8, 4) is 0 Å². The number of carbonyl (C=O) groups excluding carboxylic acids is 1. The number of amides is 1. The molecule has 0 saturated carbocycles. The summed E-state index contributed by atoms with van der Waals surface area (Å²) >= 11 is 0. The van der Waals surface area contributed by atoms with Gasteiger partial charge in [-0.05, 0) is 45.7 Å². The monoisotopic (exact) mass is 390 g/mol. The molecule has 1 aromatic heterocycles. The summed E-state index contributed by atoms with van der Waals surface area (Å²) < 4.78 is 28.9. The lowest BCUT2D eigenvalue weighted by Gasteiger charge is -2.31. The van der Waals surface area contributed by atoms with Crippen LogP contribution in [0.3, 0.4) is 0 Å². The first-order valence-corrected chi connectivity index (χ1v) is 10.6. The Morgan fingerprint density at radius 1 is 1.26 bits per heavy atom. The van der Waals surface area contributed by atoms with Gasteiger partial charge in [-0.15, -0.1) is 0 Å². The van der Waals surface area contributed by atoms with Crippen LogP contribution in [0.25, 0.3) is 0 Å². The largest absolute Gasteiger partial charge is 0.311 e. The van der Waals surface area contributed by atoms with E-state index in [-0.39, 0.29) is 29.3 Å². The third kappa shape index (κ3) is 4.22. The maximum absolute atomic E-state index is 12.8. The summed E-state index contributed by atoms with van der Waals surface area (Å²) in [6.45, 7) is 6.50. The van der Waals surface area contributed by atoms with Crippen molar-refractivity contribution in [3.05, 3.63) is 42.1 Å². The van der Waals surface area contributed by atoms with Crippen LogP contribution < -0.4 is 5.32 Å². The van der Waals surface area contributed by atoms with Crippen LogP contribution in [0.4, 0.5) is 5.82 Å². The van der Waals surface area contributed by atoms with E-state index < -0.39 is 10.0 Å². The summed E-state index contributed by atoms with van der Waals surface area (Å²) in [5.41, 5.74) is 0.830. The minimum absolute atomic E-state index is 0.121. The number of rotatable bonds is 5. The number of anilines is 1. The molecule has 3 rings (SSSR count). The smallest absolute Gasteiger partial charge is 0.243 e. The van der Waals surface area contributed by atoms with Crippen LogP contribution in [-0.4, -0.2) is 41.5 Å². The topological polar surface area (TPSA) is 84.3 Å². The lowest BCUT2D eigenvalue weighted by molar-refractivity contribution is -0.120. The number of hydrogen-bond acceptors (Lipinski definition) is 4. The maximum Gasteiger partial charge on any atom is 0.243 e. The number of aryl methyl sites for hydroxylation is 1. The Morgan fingerprint density at radius 3 is 2.63 bits per heavy atom. The Bertz CT molecular complexity index is 906. The molecule has 146 valence electrons. The number of aromatic nitrogens is 2. The fraction of sp³-hybridized carbons (Fsp3) is 0.474. The van der Waals surface area contributed by atoms with Gasteiger partial charge in [0.25, 0.3) is 0 Å². The fourth-order valence-corrected chi connectivity index (χ4v) is 4.89. The van der Waals surface area contributed by atoms with E-state index in [1.54, 1.807) is 35.0 Å². The Balaban J connectivity index is 1.74. The van der Waals surface area contributed by atoms with Gasteiger partial charge in [-0.3, -0.25) is 4.79 Å². The lowest BCUT2D eigenvalue weighted by Crippen LogP contribution is -2.43. The van der Waals surface area contributed by atoms with Gasteiger partial charge in [-0.25, -0.2) is 13.1 Å². The molecule has 2 aromatic rings. The average molecular weight is 391 g/mol. The molecule has 1 atom stereocenters. The van der Waals surface area contributed by atoms with E-state index in [9.17, 15) is 13.2 Å². The van der Waals surface area contributed by atoms with Gasteiger partial charge in [0.1, 0.15) is 5.82 Å². The minimum atomic E-state index is -3.58. The second kappa shape index (κ2) is 7.82. The zero-order valence-electron chi connectivity index (χ0n) is 15.9. The van der Waals surface area contributed by atoms with Crippen LogP contribution in [0, 0.1) is 12.8 Å². The number of nitrogens with zero attached hydrogens (tertiary/aromatic N) is 3. The first-order valence-electron chi connectivity index (χ1n) is 9.21. The first-order chi connectivity index (χ1) is 12.8. The van der Waals surface area contributed by atoms with E-state index in [0.717, 1.165) is 5.69 Å². The predicted octanol–water partition coefficient (Wildman–Crippen LogP) is 2.81. The molecule has 1 aromatic carbocycles. The molecule has 1 saturated heterocycles. The number of sulfonamides is 1. The number of carbonyl (C=O) groups is 1. The third-order valence-electron chi connectivity index (χ3n) is 4.73. The van der Waals surface area contributed by atoms with Crippen LogP contribution in [-0.2, 0) is 14.8 Å². The summed E-state index contributed by atoms with van der Waals surface area (Å²) in [4.78, 5) is 13.1. The van der Waals surface area contributed by atoms with E-state index in [0.29, 0.717) is 25.2 Å². The van der Waals surface area contributed by atoms with Gasteiger partial charge in [-0.1, -0.05) is 18.2 Å². The molecule has 7 nitrogen and oxygen atoms in total. The van der Waals surface area contributed by atoms with Gasteiger partial charge in [0.15, 0.2) is 0 Å². The van der Waals surface area contributed by atoms with Gasteiger partial charge >= 0.3 is 0 Å². The van der Waals surface area contributed by atoms with Gasteiger partial charge in [0.05, 0.1) is 16.5 Å². The Hall–Kier alpha value is -2.19. The molecule has 0 bridgehead atoms. The van der Waals surface area contributed by atoms with Crippen LogP contribution in [0.5, 0.6) is 0 Å². The van der Waals surface area contributed by atoms with Crippen molar-refractivity contribution >= 4 is 21.7 Å². The Morgan fingerprint density at radius 2 is 1.96 bits per heavy atom. The van der Waals surface area contributed by atoms with Crippen molar-refractivity contribution in [2.75, 3.05) is 18.4 Å². The van der Waals surface area contributed by atoms with Gasteiger partial charge in [-0.2, -0.15) is 9.40 Å². The molecular formula is C19H26N4O3S. The predicted molar refractivity (Wildman–Crippen MR) is 104 cm³/mol. The highest BCUT2D eigenvalue weighted by molar-refractivity contribution is 7.89. The summed E-state index contributed by atoms with van der Waals surface area (Å²) in [7, 11) is -3.58. The molecule has 0 radical (unpaired) electrons. The van der Waals surface area contributed by atoms with Crippen LogP contribution >= 0.6 is 0 Å². The van der Waals surface area contributed by atoms with Crippen LogP contribution in [0.15, 0.2) is 41.3 Å². The number of benzene rings is 1. The van der Waals surface area contributed by atoms with Gasteiger partial charge in [0.2, 0.25) is 15.9 Å². The highest BCUT2D eigenvalue weighted by Gasteiger charge is 2.33. The highest BCUT2D eigenvalue weighted by atomic mass is 32.2. The standard InChI is InChI=1S/C19H26N4O3S/c1-14(2)23-18(12-15(3)21-23)20-19(24)16-8-7-11-22(13-16)27(25,26)17-9-5-4-6-10-17/h4-6,9-10,12,14,16H,7-8,11,13H2,1-3H3,(H,20,24)/t16-/m1/s1. The fourth-order valence-electron chi connectivity index (χ4n) is 3.35. The molecular weight excluding hydrogens is 364 g/mol. The molecule has 8 heteroatoms. The normalized spacial score (nSPS) is 18.6. The van der Waals surface area contributed by atoms with Crippen molar-refractivity contribution in [2.45, 2.75) is 44.6 Å².